The molecule has 0 heterocycles. The van der Waals surface area contributed by atoms with Crippen LogP contribution in [-0.2, 0) is 0 Å². The van der Waals surface area contributed by atoms with E-state index in [1.54, 1.807) is 0 Å². The molecule has 0 aromatic heterocycles. The van der Waals surface area contributed by atoms with Gasteiger partial charge >= 0.3 is 0 Å². The van der Waals surface area contributed by atoms with Crippen LogP contribution in [0, 0.1) is 5.92 Å². The van der Waals surface area contributed by atoms with E-state index < -0.39 is 0 Å². The molecule has 100 valence electrons. The lowest BCUT2D eigenvalue weighted by atomic mass is 10.1. The second kappa shape index (κ2) is 7.12. The van der Waals surface area contributed by atoms with Gasteiger partial charge in [0.15, 0.2) is 0 Å². The highest BCUT2D eigenvalue weighted by Crippen LogP contribution is 2.24. The molecular formula is C14H20BrNO2. The average molecular weight is 314 g/mol. The van der Waals surface area contributed by atoms with Gasteiger partial charge in [-0.2, -0.15) is 0 Å². The number of ether oxygens (including phenoxy) is 1. The van der Waals surface area contributed by atoms with Gasteiger partial charge < -0.3 is 15.2 Å². The number of nitrogens with one attached hydrogen (secondary N) is 1. The van der Waals surface area contributed by atoms with Gasteiger partial charge in [0.25, 0.3) is 0 Å². The Hall–Kier alpha value is -0.580. The second-order valence-electron chi connectivity index (χ2n) is 4.76. The van der Waals surface area contributed by atoms with Gasteiger partial charge in [0.05, 0.1) is 6.10 Å². The van der Waals surface area contributed by atoms with Gasteiger partial charge in [-0.05, 0) is 43.0 Å². The van der Waals surface area contributed by atoms with Crippen LogP contribution in [0.2, 0.25) is 0 Å². The van der Waals surface area contributed by atoms with Crippen molar-refractivity contribution in [2.75, 3.05) is 19.7 Å². The third kappa shape index (κ3) is 4.26. The minimum absolute atomic E-state index is 0.107. The summed E-state index contributed by atoms with van der Waals surface area (Å²) in [6, 6.07) is 7.84. The van der Waals surface area contributed by atoms with Gasteiger partial charge in [0.1, 0.15) is 12.4 Å². The van der Waals surface area contributed by atoms with Crippen molar-refractivity contribution in [3.05, 3.63) is 28.7 Å². The van der Waals surface area contributed by atoms with Crippen molar-refractivity contribution < 1.29 is 9.84 Å². The maximum atomic E-state index is 9.67. The van der Waals surface area contributed by atoms with E-state index in [-0.39, 0.29) is 6.10 Å². The van der Waals surface area contributed by atoms with Crippen molar-refractivity contribution in [3.8, 4) is 5.75 Å². The Labute approximate surface area is 117 Å². The minimum Gasteiger partial charge on any atom is -0.492 e. The van der Waals surface area contributed by atoms with Crippen LogP contribution >= 0.6 is 15.9 Å². The first kappa shape index (κ1) is 13.8. The first-order valence-electron chi connectivity index (χ1n) is 6.53. The topological polar surface area (TPSA) is 41.5 Å². The summed E-state index contributed by atoms with van der Waals surface area (Å²) in [5, 5.41) is 13.0. The Balaban J connectivity index is 1.57. The van der Waals surface area contributed by atoms with Gasteiger partial charge in [0, 0.05) is 17.6 Å². The number of aliphatic hydroxyl groups excluding tert-OH is 1. The number of hydrogen-bond acceptors (Lipinski definition) is 3. The molecule has 1 saturated carbocycles. The normalized spacial score (nSPS) is 23.2. The molecule has 0 bridgehead atoms. The average Bonchev–Trinajstić information content (AvgIpc) is 2.77. The molecule has 0 saturated heterocycles. The maximum Gasteiger partial charge on any atom is 0.119 e. The van der Waals surface area contributed by atoms with E-state index in [0.29, 0.717) is 12.5 Å². The zero-order chi connectivity index (χ0) is 12.8. The summed E-state index contributed by atoms with van der Waals surface area (Å²) in [6.07, 6.45) is 3.15. The summed E-state index contributed by atoms with van der Waals surface area (Å²) in [5.74, 6) is 1.32. The smallest absolute Gasteiger partial charge is 0.119 e. The Bertz CT molecular complexity index is 355. The van der Waals surface area contributed by atoms with Crippen molar-refractivity contribution in [1.29, 1.82) is 0 Å². The SMILES string of the molecule is OC1CCCC1CNCCOc1ccc(Br)cc1. The van der Waals surface area contributed by atoms with Crippen LogP contribution in [-0.4, -0.2) is 30.9 Å². The Morgan fingerprint density at radius 3 is 2.72 bits per heavy atom. The number of hydrogen-bond donors (Lipinski definition) is 2. The van der Waals surface area contributed by atoms with E-state index in [0.717, 1.165) is 42.6 Å². The first-order valence-corrected chi connectivity index (χ1v) is 7.32. The molecule has 1 aromatic rings. The number of rotatable bonds is 6. The van der Waals surface area contributed by atoms with Crippen LogP contribution < -0.4 is 10.1 Å². The third-order valence-electron chi connectivity index (χ3n) is 3.39. The van der Waals surface area contributed by atoms with E-state index in [2.05, 4.69) is 21.2 Å². The molecule has 1 fully saturated rings. The predicted molar refractivity (Wildman–Crippen MR) is 75.9 cm³/mol. The maximum absolute atomic E-state index is 9.67. The van der Waals surface area contributed by atoms with Crippen molar-refractivity contribution in [1.82, 2.24) is 5.32 Å². The summed E-state index contributed by atoms with van der Waals surface area (Å²) in [7, 11) is 0. The highest BCUT2D eigenvalue weighted by molar-refractivity contribution is 9.10. The summed E-state index contributed by atoms with van der Waals surface area (Å²) in [6.45, 7) is 2.37. The fourth-order valence-corrected chi connectivity index (χ4v) is 2.58. The molecule has 0 aliphatic heterocycles. The molecule has 1 aromatic carbocycles. The zero-order valence-corrected chi connectivity index (χ0v) is 12.0. The highest BCUT2D eigenvalue weighted by atomic mass is 79.9. The third-order valence-corrected chi connectivity index (χ3v) is 3.92. The summed E-state index contributed by atoms with van der Waals surface area (Å²) in [4.78, 5) is 0. The standard InChI is InChI=1S/C14H20BrNO2/c15-12-4-6-13(7-5-12)18-9-8-16-10-11-2-1-3-14(11)17/h4-7,11,14,16-17H,1-3,8-10H2. The first-order chi connectivity index (χ1) is 8.75. The Morgan fingerprint density at radius 1 is 1.28 bits per heavy atom. The van der Waals surface area contributed by atoms with E-state index in [9.17, 15) is 5.11 Å². The number of aliphatic hydroxyl groups is 1. The molecule has 2 N–H and O–H groups in total. The molecule has 4 heteroatoms. The van der Waals surface area contributed by atoms with Gasteiger partial charge in [-0.25, -0.2) is 0 Å². The van der Waals surface area contributed by atoms with Crippen LogP contribution in [0.3, 0.4) is 0 Å². The minimum atomic E-state index is -0.107. The van der Waals surface area contributed by atoms with Crippen molar-refractivity contribution in [2.45, 2.75) is 25.4 Å². The summed E-state index contributed by atoms with van der Waals surface area (Å²) in [5.41, 5.74) is 0. The summed E-state index contributed by atoms with van der Waals surface area (Å²) >= 11 is 3.39. The number of halogens is 1. The van der Waals surface area contributed by atoms with Crippen LogP contribution in [0.25, 0.3) is 0 Å². The molecule has 1 aliphatic carbocycles. The highest BCUT2D eigenvalue weighted by Gasteiger charge is 2.24. The lowest BCUT2D eigenvalue weighted by molar-refractivity contribution is 0.131. The van der Waals surface area contributed by atoms with Gasteiger partial charge in [0.2, 0.25) is 0 Å². The van der Waals surface area contributed by atoms with Crippen molar-refractivity contribution in [3.63, 3.8) is 0 Å². The molecule has 1 aliphatic rings. The van der Waals surface area contributed by atoms with Crippen molar-refractivity contribution in [2.24, 2.45) is 5.92 Å². The van der Waals surface area contributed by atoms with Gasteiger partial charge in [-0.1, -0.05) is 22.4 Å². The van der Waals surface area contributed by atoms with E-state index in [1.807, 2.05) is 24.3 Å². The van der Waals surface area contributed by atoms with E-state index in [1.165, 1.54) is 0 Å². The molecular weight excluding hydrogens is 294 g/mol. The second-order valence-corrected chi connectivity index (χ2v) is 5.68. The molecule has 0 spiro atoms. The predicted octanol–water partition coefficient (Wildman–Crippen LogP) is 2.58. The molecule has 0 amide bonds. The van der Waals surface area contributed by atoms with Gasteiger partial charge in [-0.15, -0.1) is 0 Å². The molecule has 2 rings (SSSR count). The molecule has 2 atom stereocenters. The lowest BCUT2D eigenvalue weighted by Gasteiger charge is -2.15. The molecule has 2 unspecified atom stereocenters. The van der Waals surface area contributed by atoms with Crippen LogP contribution in [0.5, 0.6) is 5.75 Å². The van der Waals surface area contributed by atoms with Crippen LogP contribution in [0.1, 0.15) is 19.3 Å². The quantitative estimate of drug-likeness (QED) is 0.793. The van der Waals surface area contributed by atoms with E-state index >= 15 is 0 Å². The largest absolute Gasteiger partial charge is 0.492 e. The molecule has 18 heavy (non-hydrogen) atoms. The molecule has 3 nitrogen and oxygen atoms in total. The fraction of sp³-hybridized carbons (Fsp3) is 0.571. The van der Waals surface area contributed by atoms with Gasteiger partial charge in [-0.3, -0.25) is 0 Å². The number of benzene rings is 1. The zero-order valence-electron chi connectivity index (χ0n) is 10.4. The monoisotopic (exact) mass is 313 g/mol. The van der Waals surface area contributed by atoms with Crippen LogP contribution in [0.4, 0.5) is 0 Å². The fourth-order valence-electron chi connectivity index (χ4n) is 2.31. The van der Waals surface area contributed by atoms with Crippen LogP contribution in [0.15, 0.2) is 28.7 Å². The lowest BCUT2D eigenvalue weighted by Crippen LogP contribution is -2.30. The summed E-state index contributed by atoms with van der Waals surface area (Å²) < 4.78 is 6.67. The Morgan fingerprint density at radius 2 is 2.06 bits per heavy atom. The van der Waals surface area contributed by atoms with Crippen molar-refractivity contribution >= 4 is 15.9 Å². The van der Waals surface area contributed by atoms with E-state index in [4.69, 9.17) is 4.74 Å². The Kier molecular flexibility index (Phi) is 5.47. The molecule has 0 radical (unpaired) electrons.